The molecule has 1 amide bonds. The maximum absolute atomic E-state index is 13.9. The van der Waals surface area contributed by atoms with Gasteiger partial charge in [0.05, 0.1) is 5.56 Å². The number of piperazine rings is 1. The maximum Gasteiger partial charge on any atom is 0.223 e. The van der Waals surface area contributed by atoms with Crippen molar-refractivity contribution < 1.29 is 22.8 Å². The molecule has 1 heterocycles. The van der Waals surface area contributed by atoms with Crippen molar-refractivity contribution in [2.45, 2.75) is 45.1 Å². The van der Waals surface area contributed by atoms with Crippen molar-refractivity contribution in [3.63, 3.8) is 0 Å². The quantitative estimate of drug-likeness (QED) is 0.557. The minimum atomic E-state index is -1.36. The molecular formula is C19H24ClF3N2O2. The number of benzene rings is 1. The average Bonchev–Trinajstić information content (AvgIpc) is 3.39. The van der Waals surface area contributed by atoms with E-state index < -0.39 is 34.4 Å². The van der Waals surface area contributed by atoms with Gasteiger partial charge in [0.2, 0.25) is 5.91 Å². The molecule has 1 saturated carbocycles. The molecule has 1 aliphatic heterocycles. The van der Waals surface area contributed by atoms with Gasteiger partial charge in [0.15, 0.2) is 17.4 Å². The normalized spacial score (nSPS) is 18.8. The lowest BCUT2D eigenvalue weighted by atomic mass is 10.0. The molecular weight excluding hydrogens is 381 g/mol. The second kappa shape index (κ2) is 8.19. The van der Waals surface area contributed by atoms with Crippen molar-refractivity contribution in [3.8, 4) is 0 Å². The van der Waals surface area contributed by atoms with Crippen LogP contribution in [-0.4, -0.2) is 53.2 Å². The Morgan fingerprint density at radius 1 is 1.04 bits per heavy atom. The largest absolute Gasteiger partial charge is 0.340 e. The molecule has 0 aromatic heterocycles. The molecule has 27 heavy (non-hydrogen) atoms. The van der Waals surface area contributed by atoms with Crippen LogP contribution in [-0.2, 0) is 4.79 Å². The van der Waals surface area contributed by atoms with Crippen molar-refractivity contribution >= 4 is 24.1 Å². The molecule has 0 radical (unpaired) electrons. The maximum atomic E-state index is 13.9. The Hall–Kier alpha value is -1.60. The summed E-state index contributed by atoms with van der Waals surface area (Å²) in [6.07, 6.45) is 2.01. The van der Waals surface area contributed by atoms with Crippen LogP contribution in [0.3, 0.4) is 0 Å². The highest BCUT2D eigenvalue weighted by Crippen LogP contribution is 2.41. The second-order valence-corrected chi connectivity index (χ2v) is 7.45. The number of Topliss-reactive ketones (excluding diaryl/α,β-unsaturated/α-hetero) is 1. The fourth-order valence-electron chi connectivity index (χ4n) is 3.39. The molecule has 4 nitrogen and oxygen atoms in total. The Kier molecular flexibility index (Phi) is 6.58. The molecule has 1 aromatic carbocycles. The number of carbonyl (C=O) groups excluding carboxylic acids is 2. The fourth-order valence-corrected chi connectivity index (χ4v) is 3.39. The minimum absolute atomic E-state index is 0. The SMILES string of the molecule is Cc1c(F)cc(C(=O)CCC(=O)N2CCN(C3(C)CC3)CC2)c(F)c1F.Cl. The lowest BCUT2D eigenvalue weighted by molar-refractivity contribution is -0.133. The van der Waals surface area contributed by atoms with Crippen molar-refractivity contribution in [2.75, 3.05) is 26.2 Å². The van der Waals surface area contributed by atoms with Crippen LogP contribution in [0.25, 0.3) is 0 Å². The molecule has 150 valence electrons. The third kappa shape index (κ3) is 4.46. The molecule has 8 heteroatoms. The molecule has 3 rings (SSSR count). The predicted molar refractivity (Wildman–Crippen MR) is 97.7 cm³/mol. The summed E-state index contributed by atoms with van der Waals surface area (Å²) in [5.74, 6) is -4.63. The topological polar surface area (TPSA) is 40.6 Å². The molecule has 1 aromatic rings. The summed E-state index contributed by atoms with van der Waals surface area (Å²) in [6.45, 7) is 6.14. The molecule has 0 unspecified atom stereocenters. The number of ketones is 1. The Balaban J connectivity index is 0.00000261. The van der Waals surface area contributed by atoms with E-state index in [1.165, 1.54) is 12.8 Å². The first kappa shape index (κ1) is 21.7. The van der Waals surface area contributed by atoms with Crippen molar-refractivity contribution in [1.29, 1.82) is 0 Å². The van der Waals surface area contributed by atoms with Crippen LogP contribution < -0.4 is 0 Å². The number of amides is 1. The first-order chi connectivity index (χ1) is 12.2. The van der Waals surface area contributed by atoms with Crippen LogP contribution in [0.4, 0.5) is 13.2 Å². The Labute approximate surface area is 163 Å². The Morgan fingerprint density at radius 2 is 1.63 bits per heavy atom. The van der Waals surface area contributed by atoms with Gasteiger partial charge in [0.1, 0.15) is 5.82 Å². The smallest absolute Gasteiger partial charge is 0.223 e. The van der Waals surface area contributed by atoms with Crippen LogP contribution in [0.15, 0.2) is 6.07 Å². The van der Waals surface area contributed by atoms with E-state index in [1.807, 2.05) is 0 Å². The molecule has 2 fully saturated rings. The summed E-state index contributed by atoms with van der Waals surface area (Å²) < 4.78 is 41.0. The number of halogens is 4. The highest BCUT2D eigenvalue weighted by Gasteiger charge is 2.44. The predicted octanol–water partition coefficient (Wildman–Crippen LogP) is 3.49. The Morgan fingerprint density at radius 3 is 2.19 bits per heavy atom. The minimum Gasteiger partial charge on any atom is -0.340 e. The summed E-state index contributed by atoms with van der Waals surface area (Å²) in [4.78, 5) is 28.5. The highest BCUT2D eigenvalue weighted by atomic mass is 35.5. The van der Waals surface area contributed by atoms with E-state index in [1.54, 1.807) is 4.90 Å². The first-order valence-electron chi connectivity index (χ1n) is 8.93. The van der Waals surface area contributed by atoms with E-state index in [2.05, 4.69) is 11.8 Å². The number of nitrogens with zero attached hydrogens (tertiary/aromatic N) is 2. The van der Waals surface area contributed by atoms with Crippen molar-refractivity contribution in [3.05, 3.63) is 34.6 Å². The van der Waals surface area contributed by atoms with E-state index >= 15 is 0 Å². The van der Waals surface area contributed by atoms with Crippen molar-refractivity contribution in [2.24, 2.45) is 0 Å². The molecule has 1 saturated heterocycles. The number of carbonyl (C=O) groups is 2. The summed E-state index contributed by atoms with van der Waals surface area (Å²) >= 11 is 0. The summed E-state index contributed by atoms with van der Waals surface area (Å²) in [7, 11) is 0. The van der Waals surface area contributed by atoms with Gasteiger partial charge in [-0.25, -0.2) is 13.2 Å². The van der Waals surface area contributed by atoms with Crippen LogP contribution in [0.2, 0.25) is 0 Å². The number of rotatable bonds is 5. The van der Waals surface area contributed by atoms with Gasteiger partial charge in [0.25, 0.3) is 0 Å². The van der Waals surface area contributed by atoms with E-state index in [9.17, 15) is 22.8 Å². The lowest BCUT2D eigenvalue weighted by Gasteiger charge is -2.38. The second-order valence-electron chi connectivity index (χ2n) is 7.45. The zero-order chi connectivity index (χ0) is 19.1. The third-order valence-corrected chi connectivity index (χ3v) is 5.62. The zero-order valence-electron chi connectivity index (χ0n) is 15.5. The molecule has 1 aliphatic carbocycles. The molecule has 0 N–H and O–H groups in total. The van der Waals surface area contributed by atoms with Gasteiger partial charge in [0, 0.05) is 50.1 Å². The number of hydrogen-bond acceptors (Lipinski definition) is 3. The molecule has 2 aliphatic rings. The van der Waals surface area contributed by atoms with Crippen LogP contribution in [0.1, 0.15) is 48.5 Å². The first-order valence-corrected chi connectivity index (χ1v) is 8.93. The van der Waals surface area contributed by atoms with Gasteiger partial charge < -0.3 is 4.90 Å². The summed E-state index contributed by atoms with van der Waals surface area (Å²) in [6, 6.07) is 0.704. The van der Waals surface area contributed by atoms with E-state index in [4.69, 9.17) is 0 Å². The molecule has 0 spiro atoms. The molecule has 0 atom stereocenters. The van der Waals surface area contributed by atoms with Crippen LogP contribution in [0.5, 0.6) is 0 Å². The van der Waals surface area contributed by atoms with E-state index in [-0.39, 0.29) is 36.7 Å². The number of hydrogen-bond donors (Lipinski definition) is 0. The Bertz CT molecular complexity index is 745. The standard InChI is InChI=1S/C19H23F3N2O2.ClH/c1-12-14(20)11-13(18(22)17(12)21)15(25)3-4-16(26)23-7-9-24(10-8-23)19(2)5-6-19;/h11H,3-10H2,1-2H3;1H. The van der Waals surface area contributed by atoms with Crippen LogP contribution >= 0.6 is 12.4 Å². The fraction of sp³-hybridized carbons (Fsp3) is 0.579. The van der Waals surface area contributed by atoms with E-state index in [0.29, 0.717) is 19.2 Å². The van der Waals surface area contributed by atoms with Gasteiger partial charge in [-0.2, -0.15) is 0 Å². The van der Waals surface area contributed by atoms with Gasteiger partial charge >= 0.3 is 0 Å². The van der Waals surface area contributed by atoms with Gasteiger partial charge in [-0.05, 0) is 32.8 Å². The van der Waals surface area contributed by atoms with Gasteiger partial charge in [-0.3, -0.25) is 14.5 Å². The lowest BCUT2D eigenvalue weighted by Crippen LogP contribution is -2.52. The van der Waals surface area contributed by atoms with Gasteiger partial charge in [-0.15, -0.1) is 12.4 Å². The monoisotopic (exact) mass is 404 g/mol. The van der Waals surface area contributed by atoms with E-state index in [0.717, 1.165) is 20.0 Å². The van der Waals surface area contributed by atoms with Crippen LogP contribution in [0, 0.1) is 24.4 Å². The molecule has 0 bridgehead atoms. The highest BCUT2D eigenvalue weighted by molar-refractivity contribution is 5.98. The zero-order valence-corrected chi connectivity index (χ0v) is 16.3. The van der Waals surface area contributed by atoms with Gasteiger partial charge in [-0.1, -0.05) is 0 Å². The third-order valence-electron chi connectivity index (χ3n) is 5.62. The summed E-state index contributed by atoms with van der Waals surface area (Å²) in [5.41, 5.74) is -0.815. The van der Waals surface area contributed by atoms with Crippen molar-refractivity contribution in [1.82, 2.24) is 9.80 Å². The summed E-state index contributed by atoms with van der Waals surface area (Å²) in [5, 5.41) is 0. The average molecular weight is 405 g/mol.